The van der Waals surface area contributed by atoms with Crippen molar-refractivity contribution in [1.82, 2.24) is 0 Å². The second-order valence-electron chi connectivity index (χ2n) is 13.4. The molecule has 0 unspecified atom stereocenters. The minimum atomic E-state index is -2.02. The standard InChI is InChI=1S/C38H41FO4Si/c1-36(2,3)34-33(23-24-41-35(40)28-13-7-4-8-14-28)37(29-19-21-30(39)22-20-29)25-38(34,42-26-37)27-43-44(31-15-9-5-10-16-31)32-17-11-6-12-18-32/h4-22,33-34,44H,23-27H2,1-3H3/t33-,34+,37-,38+/m0/s1. The van der Waals surface area contributed by atoms with E-state index in [2.05, 4.69) is 69.3 Å². The molecule has 0 amide bonds. The quantitative estimate of drug-likeness (QED) is 0.156. The number of benzene rings is 4. The van der Waals surface area contributed by atoms with Crippen molar-refractivity contribution >= 4 is 25.4 Å². The lowest BCUT2D eigenvalue weighted by molar-refractivity contribution is -0.142. The molecule has 1 saturated heterocycles. The van der Waals surface area contributed by atoms with E-state index in [-0.39, 0.29) is 34.5 Å². The van der Waals surface area contributed by atoms with E-state index in [0.29, 0.717) is 31.8 Å². The average Bonchev–Trinajstić information content (AvgIpc) is 3.56. The molecule has 0 aromatic heterocycles. The first-order chi connectivity index (χ1) is 21.2. The van der Waals surface area contributed by atoms with Gasteiger partial charge in [0.1, 0.15) is 5.82 Å². The summed E-state index contributed by atoms with van der Waals surface area (Å²) in [5.74, 6) is -0.310. The molecule has 0 radical (unpaired) electrons. The Labute approximate surface area is 261 Å². The highest BCUT2D eigenvalue weighted by atomic mass is 28.3. The lowest BCUT2D eigenvalue weighted by atomic mass is 9.62. The van der Waals surface area contributed by atoms with Gasteiger partial charge >= 0.3 is 5.97 Å². The topological polar surface area (TPSA) is 44.8 Å². The second kappa shape index (κ2) is 12.4. The second-order valence-corrected chi connectivity index (χ2v) is 15.9. The molecule has 1 heterocycles. The molecule has 0 N–H and O–H groups in total. The number of carbonyl (C=O) groups excluding carboxylic acids is 1. The predicted octanol–water partition coefficient (Wildman–Crippen LogP) is 6.32. The number of carbonyl (C=O) groups is 1. The zero-order valence-corrected chi connectivity index (χ0v) is 26.9. The summed E-state index contributed by atoms with van der Waals surface area (Å²) in [5.41, 5.74) is 0.620. The molecule has 6 rings (SSSR count). The molecular weight excluding hydrogens is 567 g/mol. The van der Waals surface area contributed by atoms with Crippen LogP contribution in [0.1, 0.15) is 49.5 Å². The Bertz CT molecular complexity index is 1500. The van der Waals surface area contributed by atoms with Crippen LogP contribution < -0.4 is 10.4 Å². The van der Waals surface area contributed by atoms with Crippen LogP contribution in [0.15, 0.2) is 115 Å². The maximum atomic E-state index is 14.1. The molecule has 1 aliphatic carbocycles. The Morgan fingerprint density at radius 3 is 2.00 bits per heavy atom. The number of hydrogen-bond donors (Lipinski definition) is 0. The summed E-state index contributed by atoms with van der Waals surface area (Å²) in [6.07, 6.45) is 1.46. The van der Waals surface area contributed by atoms with Crippen molar-refractivity contribution < 1.29 is 23.1 Å². The molecule has 1 aliphatic heterocycles. The molecule has 6 heteroatoms. The highest BCUT2D eigenvalue weighted by Crippen LogP contribution is 2.65. The third-order valence-electron chi connectivity index (χ3n) is 9.63. The van der Waals surface area contributed by atoms with E-state index in [1.54, 1.807) is 24.3 Å². The van der Waals surface area contributed by atoms with E-state index in [9.17, 15) is 9.18 Å². The van der Waals surface area contributed by atoms with Crippen LogP contribution in [0.2, 0.25) is 0 Å². The van der Waals surface area contributed by atoms with Gasteiger partial charge < -0.3 is 13.9 Å². The van der Waals surface area contributed by atoms with Crippen LogP contribution in [0.3, 0.4) is 0 Å². The summed E-state index contributed by atoms with van der Waals surface area (Å²) in [6.45, 7) is 8.11. The van der Waals surface area contributed by atoms with Crippen molar-refractivity contribution in [2.45, 2.75) is 44.6 Å². The molecule has 0 spiro atoms. The summed E-state index contributed by atoms with van der Waals surface area (Å²) in [5, 5.41) is 2.46. The number of ether oxygens (including phenoxy) is 2. The van der Waals surface area contributed by atoms with E-state index in [4.69, 9.17) is 13.9 Å². The largest absolute Gasteiger partial charge is 0.462 e. The van der Waals surface area contributed by atoms with Crippen LogP contribution in [-0.4, -0.2) is 40.4 Å². The van der Waals surface area contributed by atoms with Crippen LogP contribution >= 0.6 is 0 Å². The normalized spacial score (nSPS) is 24.5. The van der Waals surface area contributed by atoms with E-state index in [1.165, 1.54) is 10.4 Å². The van der Waals surface area contributed by atoms with Gasteiger partial charge in [0.15, 0.2) is 0 Å². The minimum Gasteiger partial charge on any atom is -0.462 e. The summed E-state index contributed by atoms with van der Waals surface area (Å²) in [7, 11) is -2.02. The number of fused-ring (bicyclic) bond motifs is 2. The SMILES string of the molecule is CC(C)(C)[C@H]1[C@H](CCOC(=O)c2ccccc2)[C@]2(c3ccc(F)cc3)CO[C@@]1(CO[SiH](c1ccccc1)c1ccccc1)C2. The average molecular weight is 609 g/mol. The lowest BCUT2D eigenvalue weighted by Crippen LogP contribution is -2.54. The Kier molecular flexibility index (Phi) is 8.60. The Hall–Kier alpha value is -3.58. The molecule has 4 nitrogen and oxygen atoms in total. The zero-order chi connectivity index (χ0) is 30.8. The van der Waals surface area contributed by atoms with Crippen molar-refractivity contribution in [3.05, 3.63) is 132 Å². The highest BCUT2D eigenvalue weighted by Gasteiger charge is 2.69. The van der Waals surface area contributed by atoms with Crippen LogP contribution in [0.25, 0.3) is 0 Å². The third kappa shape index (κ3) is 5.91. The zero-order valence-electron chi connectivity index (χ0n) is 25.7. The molecule has 2 aliphatic rings. The number of halogens is 1. The van der Waals surface area contributed by atoms with Gasteiger partial charge in [-0.25, -0.2) is 9.18 Å². The fourth-order valence-corrected chi connectivity index (χ4v) is 10.4. The number of hydrogen-bond acceptors (Lipinski definition) is 4. The first kappa shape index (κ1) is 30.4. The Morgan fingerprint density at radius 2 is 1.43 bits per heavy atom. The minimum absolute atomic E-state index is 0.116. The number of esters is 1. The van der Waals surface area contributed by atoms with Gasteiger partial charge in [0.05, 0.1) is 31.0 Å². The number of rotatable bonds is 10. The fourth-order valence-electron chi connectivity index (χ4n) is 8.03. The van der Waals surface area contributed by atoms with Crippen LogP contribution in [0.4, 0.5) is 4.39 Å². The first-order valence-corrected chi connectivity index (χ1v) is 17.2. The summed E-state index contributed by atoms with van der Waals surface area (Å²) < 4.78 is 33.9. The molecule has 44 heavy (non-hydrogen) atoms. The maximum Gasteiger partial charge on any atom is 0.338 e. The molecule has 228 valence electrons. The van der Waals surface area contributed by atoms with Crippen LogP contribution in [0.5, 0.6) is 0 Å². The molecule has 2 bridgehead atoms. The summed E-state index contributed by atoms with van der Waals surface area (Å²) >= 11 is 0. The van der Waals surface area contributed by atoms with Gasteiger partial charge in [0.2, 0.25) is 9.04 Å². The van der Waals surface area contributed by atoms with Crippen LogP contribution in [-0.2, 0) is 19.3 Å². The van der Waals surface area contributed by atoms with Crippen molar-refractivity contribution in [3.63, 3.8) is 0 Å². The molecule has 2 fully saturated rings. The van der Waals surface area contributed by atoms with Gasteiger partial charge in [-0.05, 0) is 70.3 Å². The van der Waals surface area contributed by atoms with Gasteiger partial charge in [0, 0.05) is 5.41 Å². The van der Waals surface area contributed by atoms with Gasteiger partial charge in [-0.1, -0.05) is 112 Å². The van der Waals surface area contributed by atoms with Crippen molar-refractivity contribution in [2.75, 3.05) is 19.8 Å². The third-order valence-corrected chi connectivity index (χ3v) is 12.1. The van der Waals surface area contributed by atoms with Crippen molar-refractivity contribution in [1.29, 1.82) is 0 Å². The Morgan fingerprint density at radius 1 is 0.864 bits per heavy atom. The van der Waals surface area contributed by atoms with E-state index >= 15 is 0 Å². The van der Waals surface area contributed by atoms with E-state index in [0.717, 1.165) is 12.0 Å². The van der Waals surface area contributed by atoms with Crippen molar-refractivity contribution in [2.24, 2.45) is 17.3 Å². The molecule has 1 saturated carbocycles. The molecule has 4 aromatic carbocycles. The smallest absolute Gasteiger partial charge is 0.338 e. The first-order valence-electron chi connectivity index (χ1n) is 15.6. The molecule has 4 aromatic rings. The summed E-state index contributed by atoms with van der Waals surface area (Å²) in [6, 6.07) is 37.1. The molecular formula is C38H41FO4Si. The van der Waals surface area contributed by atoms with Gasteiger partial charge in [-0.3, -0.25) is 0 Å². The van der Waals surface area contributed by atoms with E-state index in [1.807, 2.05) is 42.5 Å². The summed E-state index contributed by atoms with van der Waals surface area (Å²) in [4.78, 5) is 12.8. The highest BCUT2D eigenvalue weighted by molar-refractivity contribution is 6.80. The van der Waals surface area contributed by atoms with Gasteiger partial charge in [-0.15, -0.1) is 0 Å². The Balaban J connectivity index is 1.33. The van der Waals surface area contributed by atoms with Gasteiger partial charge in [0.25, 0.3) is 0 Å². The maximum absolute atomic E-state index is 14.1. The van der Waals surface area contributed by atoms with Crippen molar-refractivity contribution in [3.8, 4) is 0 Å². The van der Waals surface area contributed by atoms with Gasteiger partial charge in [-0.2, -0.15) is 0 Å². The lowest BCUT2D eigenvalue weighted by Gasteiger charge is -2.49. The molecule has 4 atom stereocenters. The fraction of sp³-hybridized carbons (Fsp3) is 0.342. The van der Waals surface area contributed by atoms with E-state index < -0.39 is 14.6 Å². The monoisotopic (exact) mass is 608 g/mol. The predicted molar refractivity (Wildman–Crippen MR) is 174 cm³/mol. The van der Waals surface area contributed by atoms with Crippen LogP contribution in [0, 0.1) is 23.1 Å².